The standard InChI is InChI=1S/C23H30N2O/c1-2-25-22(26)20-8-3-4-9-21(20)23(25)10-12-24(13-11-23)16-19-15-17-6-5-7-18(19)14-17/h3-6,8-9,17-19H,2,7,10-16H2,1H3. The lowest BCUT2D eigenvalue weighted by Gasteiger charge is -2.46. The highest BCUT2D eigenvalue weighted by atomic mass is 16.2. The lowest BCUT2D eigenvalue weighted by atomic mass is 9.80. The van der Waals surface area contributed by atoms with E-state index in [0.717, 1.165) is 55.8 Å². The number of piperidine rings is 1. The Hall–Kier alpha value is -1.61. The van der Waals surface area contributed by atoms with E-state index in [0.29, 0.717) is 0 Å². The van der Waals surface area contributed by atoms with Gasteiger partial charge in [-0.15, -0.1) is 0 Å². The molecule has 3 unspecified atom stereocenters. The molecule has 2 heterocycles. The molecule has 1 aromatic carbocycles. The fraction of sp³-hybridized carbons (Fsp3) is 0.609. The van der Waals surface area contributed by atoms with Gasteiger partial charge < -0.3 is 9.80 Å². The van der Waals surface area contributed by atoms with Crippen LogP contribution in [0.2, 0.25) is 0 Å². The number of carbonyl (C=O) groups is 1. The van der Waals surface area contributed by atoms with Crippen LogP contribution in [0.5, 0.6) is 0 Å². The smallest absolute Gasteiger partial charge is 0.254 e. The summed E-state index contributed by atoms with van der Waals surface area (Å²) in [7, 11) is 0. The summed E-state index contributed by atoms with van der Waals surface area (Å²) in [5.41, 5.74) is 2.18. The number of rotatable bonds is 3. The van der Waals surface area contributed by atoms with E-state index in [4.69, 9.17) is 0 Å². The van der Waals surface area contributed by atoms with E-state index in [1.165, 1.54) is 31.4 Å². The van der Waals surface area contributed by atoms with Gasteiger partial charge in [0.05, 0.1) is 5.54 Å². The first-order valence-electron chi connectivity index (χ1n) is 10.5. The van der Waals surface area contributed by atoms with Crippen LogP contribution in [0.25, 0.3) is 0 Å². The number of hydrogen-bond acceptors (Lipinski definition) is 2. The predicted molar refractivity (Wildman–Crippen MR) is 104 cm³/mol. The molecule has 0 N–H and O–H groups in total. The fourth-order valence-electron chi connectivity index (χ4n) is 6.36. The van der Waals surface area contributed by atoms with Crippen molar-refractivity contribution in [2.45, 2.75) is 44.6 Å². The van der Waals surface area contributed by atoms with Crippen LogP contribution in [0.15, 0.2) is 36.4 Å². The van der Waals surface area contributed by atoms with Crippen molar-refractivity contribution in [1.82, 2.24) is 9.80 Å². The SMILES string of the molecule is CCN1C(=O)c2ccccc2C12CCN(CC1CC3C=CCC1C3)CC2. The zero-order chi connectivity index (χ0) is 17.7. The Labute approximate surface area is 157 Å². The maximum Gasteiger partial charge on any atom is 0.254 e. The minimum atomic E-state index is -0.0496. The van der Waals surface area contributed by atoms with E-state index in [1.54, 1.807) is 0 Å². The first kappa shape index (κ1) is 16.6. The third kappa shape index (κ3) is 2.40. The van der Waals surface area contributed by atoms with Crippen molar-refractivity contribution in [1.29, 1.82) is 0 Å². The van der Waals surface area contributed by atoms with Crippen molar-refractivity contribution in [2.24, 2.45) is 17.8 Å². The third-order valence-corrected chi connectivity index (χ3v) is 7.64. The van der Waals surface area contributed by atoms with E-state index in [1.807, 2.05) is 12.1 Å². The van der Waals surface area contributed by atoms with Crippen LogP contribution in [0.4, 0.5) is 0 Å². The number of amides is 1. The summed E-state index contributed by atoms with van der Waals surface area (Å²) in [6.07, 6.45) is 11.2. The molecular weight excluding hydrogens is 320 g/mol. The lowest BCUT2D eigenvalue weighted by molar-refractivity contribution is 0.0250. The van der Waals surface area contributed by atoms with Crippen LogP contribution in [0.1, 0.15) is 54.9 Å². The highest BCUT2D eigenvalue weighted by Gasteiger charge is 2.50. The maximum atomic E-state index is 12.9. The summed E-state index contributed by atoms with van der Waals surface area (Å²) in [6, 6.07) is 8.33. The van der Waals surface area contributed by atoms with Gasteiger partial charge in [0, 0.05) is 31.7 Å². The van der Waals surface area contributed by atoms with Crippen molar-refractivity contribution < 1.29 is 4.79 Å². The zero-order valence-corrected chi connectivity index (χ0v) is 15.9. The van der Waals surface area contributed by atoms with E-state index in [-0.39, 0.29) is 11.4 Å². The van der Waals surface area contributed by atoms with E-state index < -0.39 is 0 Å². The molecule has 1 saturated heterocycles. The predicted octanol–water partition coefficient (Wildman–Crippen LogP) is 4.06. The molecule has 3 heteroatoms. The Morgan fingerprint density at radius 3 is 2.73 bits per heavy atom. The van der Waals surface area contributed by atoms with E-state index in [2.05, 4.69) is 41.0 Å². The molecule has 2 aliphatic heterocycles. The number of benzene rings is 1. The quantitative estimate of drug-likeness (QED) is 0.768. The molecule has 26 heavy (non-hydrogen) atoms. The molecule has 138 valence electrons. The molecule has 1 spiro atoms. The van der Waals surface area contributed by atoms with E-state index >= 15 is 0 Å². The second kappa shape index (κ2) is 6.23. The van der Waals surface area contributed by atoms with Gasteiger partial charge in [0.2, 0.25) is 0 Å². The van der Waals surface area contributed by atoms with Gasteiger partial charge in [-0.3, -0.25) is 4.79 Å². The lowest BCUT2D eigenvalue weighted by Crippen LogP contribution is -2.52. The second-order valence-corrected chi connectivity index (χ2v) is 8.84. The summed E-state index contributed by atoms with van der Waals surface area (Å²) >= 11 is 0. The molecule has 3 atom stereocenters. The number of carbonyl (C=O) groups excluding carboxylic acids is 1. The van der Waals surface area contributed by atoms with Crippen LogP contribution < -0.4 is 0 Å². The Bertz CT molecular complexity index is 731. The van der Waals surface area contributed by atoms with Gasteiger partial charge in [0.1, 0.15) is 0 Å². The molecule has 3 nitrogen and oxygen atoms in total. The van der Waals surface area contributed by atoms with Crippen molar-refractivity contribution >= 4 is 5.91 Å². The van der Waals surface area contributed by atoms with Gasteiger partial charge in [0.25, 0.3) is 5.91 Å². The minimum Gasteiger partial charge on any atom is -0.329 e. The van der Waals surface area contributed by atoms with Gasteiger partial charge in [-0.05, 0) is 68.4 Å². The number of likely N-dealkylation sites (tertiary alicyclic amines) is 1. The molecule has 2 bridgehead atoms. The molecule has 0 radical (unpaired) electrons. The fourth-order valence-corrected chi connectivity index (χ4v) is 6.36. The maximum absolute atomic E-state index is 12.9. The molecule has 4 aliphatic rings. The van der Waals surface area contributed by atoms with Crippen LogP contribution in [-0.4, -0.2) is 41.9 Å². The molecule has 0 aromatic heterocycles. The van der Waals surface area contributed by atoms with Crippen LogP contribution in [-0.2, 0) is 5.54 Å². The molecular formula is C23H30N2O. The third-order valence-electron chi connectivity index (χ3n) is 7.64. The molecule has 1 amide bonds. The average Bonchev–Trinajstić information content (AvgIpc) is 3.08. The topological polar surface area (TPSA) is 23.6 Å². The number of nitrogens with zero attached hydrogens (tertiary/aromatic N) is 2. The summed E-state index contributed by atoms with van der Waals surface area (Å²) < 4.78 is 0. The Morgan fingerprint density at radius 2 is 1.96 bits per heavy atom. The van der Waals surface area contributed by atoms with Crippen LogP contribution in [0.3, 0.4) is 0 Å². The van der Waals surface area contributed by atoms with Gasteiger partial charge in [-0.2, -0.15) is 0 Å². The van der Waals surface area contributed by atoms with E-state index in [9.17, 15) is 4.79 Å². The van der Waals surface area contributed by atoms with Gasteiger partial charge >= 0.3 is 0 Å². The average molecular weight is 351 g/mol. The molecule has 1 aromatic rings. The monoisotopic (exact) mass is 350 g/mol. The number of hydrogen-bond donors (Lipinski definition) is 0. The first-order valence-corrected chi connectivity index (χ1v) is 10.5. The van der Waals surface area contributed by atoms with Gasteiger partial charge in [-0.1, -0.05) is 30.4 Å². The van der Waals surface area contributed by atoms with Crippen LogP contribution >= 0.6 is 0 Å². The second-order valence-electron chi connectivity index (χ2n) is 8.84. The summed E-state index contributed by atoms with van der Waals surface area (Å²) in [5, 5.41) is 0. The minimum absolute atomic E-state index is 0.0496. The summed E-state index contributed by atoms with van der Waals surface area (Å²) in [6.45, 7) is 6.45. The number of allylic oxidation sites excluding steroid dienone is 2. The molecule has 1 saturated carbocycles. The molecule has 5 rings (SSSR count). The van der Waals surface area contributed by atoms with Crippen molar-refractivity contribution in [3.05, 3.63) is 47.5 Å². The highest BCUT2D eigenvalue weighted by molar-refractivity contribution is 6.00. The van der Waals surface area contributed by atoms with Crippen molar-refractivity contribution in [3.63, 3.8) is 0 Å². The Kier molecular flexibility index (Phi) is 3.97. The van der Waals surface area contributed by atoms with Gasteiger partial charge in [0.15, 0.2) is 0 Å². The van der Waals surface area contributed by atoms with Crippen LogP contribution in [0, 0.1) is 17.8 Å². The summed E-state index contributed by atoms with van der Waals surface area (Å²) in [4.78, 5) is 17.7. The Balaban J connectivity index is 1.31. The normalized spacial score (nSPS) is 32.4. The highest BCUT2D eigenvalue weighted by Crippen LogP contribution is 2.47. The molecule has 2 aliphatic carbocycles. The summed E-state index contributed by atoms with van der Waals surface area (Å²) in [5.74, 6) is 2.89. The first-order chi connectivity index (χ1) is 12.7. The van der Waals surface area contributed by atoms with Gasteiger partial charge in [-0.25, -0.2) is 0 Å². The zero-order valence-electron chi connectivity index (χ0n) is 15.9. The molecule has 2 fully saturated rings. The number of fused-ring (bicyclic) bond motifs is 4. The Morgan fingerprint density at radius 1 is 1.15 bits per heavy atom. The largest absolute Gasteiger partial charge is 0.329 e. The van der Waals surface area contributed by atoms with Crippen molar-refractivity contribution in [3.8, 4) is 0 Å². The van der Waals surface area contributed by atoms with Crippen molar-refractivity contribution in [2.75, 3.05) is 26.2 Å².